The van der Waals surface area contributed by atoms with Crippen molar-refractivity contribution in [3.63, 3.8) is 0 Å². The standard InChI is InChI=1S/C20H25N5O2/c1-2-23(12-8-17-6-10-21-11-7-17)19(26)20(27)25-15-13-24(14-16-25)18-5-3-4-9-22-18/h3-7,9-11H,2,8,12-16H2,1H3. The van der Waals surface area contributed by atoms with Crippen molar-refractivity contribution in [3.05, 3.63) is 54.5 Å². The van der Waals surface area contributed by atoms with Gasteiger partial charge in [0.2, 0.25) is 0 Å². The molecule has 0 aliphatic carbocycles. The summed E-state index contributed by atoms with van der Waals surface area (Å²) in [5.74, 6) is 0.0774. The van der Waals surface area contributed by atoms with Crippen LogP contribution in [0.4, 0.5) is 5.82 Å². The first-order chi connectivity index (χ1) is 13.2. The van der Waals surface area contributed by atoms with Crippen molar-refractivity contribution >= 4 is 17.6 Å². The average Bonchev–Trinajstić information content (AvgIpc) is 2.75. The lowest BCUT2D eigenvalue weighted by Gasteiger charge is -2.35. The predicted molar refractivity (Wildman–Crippen MR) is 103 cm³/mol. The number of carbonyl (C=O) groups is 2. The smallest absolute Gasteiger partial charge is 0.312 e. The maximum absolute atomic E-state index is 12.6. The van der Waals surface area contributed by atoms with Gasteiger partial charge in [-0.1, -0.05) is 6.07 Å². The number of hydrogen-bond donors (Lipinski definition) is 0. The lowest BCUT2D eigenvalue weighted by atomic mass is 10.2. The largest absolute Gasteiger partial charge is 0.353 e. The van der Waals surface area contributed by atoms with Gasteiger partial charge in [0.05, 0.1) is 0 Å². The summed E-state index contributed by atoms with van der Waals surface area (Å²) in [7, 11) is 0. The molecule has 3 rings (SSSR count). The molecule has 0 atom stereocenters. The number of pyridine rings is 2. The minimum Gasteiger partial charge on any atom is -0.353 e. The molecule has 1 fully saturated rings. The maximum Gasteiger partial charge on any atom is 0.312 e. The van der Waals surface area contributed by atoms with Crippen LogP contribution in [-0.2, 0) is 16.0 Å². The van der Waals surface area contributed by atoms with E-state index in [1.807, 2.05) is 37.3 Å². The van der Waals surface area contributed by atoms with Crippen LogP contribution in [0.1, 0.15) is 12.5 Å². The predicted octanol–water partition coefficient (Wildman–Crippen LogP) is 1.22. The highest BCUT2D eigenvalue weighted by atomic mass is 16.2. The molecule has 2 amide bonds. The lowest BCUT2D eigenvalue weighted by Crippen LogP contribution is -2.53. The van der Waals surface area contributed by atoms with Gasteiger partial charge in [-0.25, -0.2) is 4.98 Å². The number of anilines is 1. The molecule has 0 spiro atoms. The molecule has 1 saturated heterocycles. The third kappa shape index (κ3) is 4.81. The van der Waals surface area contributed by atoms with Gasteiger partial charge in [0.25, 0.3) is 0 Å². The van der Waals surface area contributed by atoms with Crippen LogP contribution < -0.4 is 4.90 Å². The quantitative estimate of drug-likeness (QED) is 0.743. The van der Waals surface area contributed by atoms with Crippen molar-refractivity contribution in [2.45, 2.75) is 13.3 Å². The summed E-state index contributed by atoms with van der Waals surface area (Å²) in [6.07, 6.45) is 5.94. The topological polar surface area (TPSA) is 69.6 Å². The Morgan fingerprint density at radius 2 is 1.78 bits per heavy atom. The van der Waals surface area contributed by atoms with Crippen LogP contribution in [0.2, 0.25) is 0 Å². The number of carbonyl (C=O) groups excluding carboxylic acids is 2. The molecule has 7 heteroatoms. The van der Waals surface area contributed by atoms with E-state index in [1.165, 1.54) is 0 Å². The van der Waals surface area contributed by atoms with E-state index in [4.69, 9.17) is 0 Å². The second-order valence-corrected chi connectivity index (χ2v) is 6.46. The Bertz CT molecular complexity index is 745. The number of likely N-dealkylation sites (N-methyl/N-ethyl adjacent to an activating group) is 1. The van der Waals surface area contributed by atoms with Crippen molar-refractivity contribution in [3.8, 4) is 0 Å². The molecule has 2 aromatic heterocycles. The van der Waals surface area contributed by atoms with Crippen LogP contribution >= 0.6 is 0 Å². The summed E-state index contributed by atoms with van der Waals surface area (Å²) in [6.45, 7) is 5.36. The molecule has 27 heavy (non-hydrogen) atoms. The Morgan fingerprint density at radius 1 is 1.04 bits per heavy atom. The molecule has 0 bridgehead atoms. The van der Waals surface area contributed by atoms with E-state index >= 15 is 0 Å². The molecule has 0 saturated carbocycles. The lowest BCUT2D eigenvalue weighted by molar-refractivity contribution is -0.151. The van der Waals surface area contributed by atoms with Crippen molar-refractivity contribution in [2.75, 3.05) is 44.2 Å². The average molecular weight is 367 g/mol. The molecular weight excluding hydrogens is 342 g/mol. The number of aromatic nitrogens is 2. The van der Waals surface area contributed by atoms with Gasteiger partial charge in [0, 0.05) is 57.9 Å². The van der Waals surface area contributed by atoms with E-state index in [1.54, 1.807) is 28.4 Å². The van der Waals surface area contributed by atoms with Crippen LogP contribution in [-0.4, -0.2) is 70.9 Å². The van der Waals surface area contributed by atoms with Gasteiger partial charge in [0.1, 0.15) is 5.82 Å². The van der Waals surface area contributed by atoms with E-state index in [0.29, 0.717) is 45.7 Å². The SMILES string of the molecule is CCN(CCc1ccncc1)C(=O)C(=O)N1CCN(c2ccccn2)CC1. The van der Waals surface area contributed by atoms with E-state index in [9.17, 15) is 9.59 Å². The first kappa shape index (κ1) is 18.8. The zero-order valence-corrected chi connectivity index (χ0v) is 15.6. The van der Waals surface area contributed by atoms with Crippen LogP contribution in [0, 0.1) is 0 Å². The van der Waals surface area contributed by atoms with Gasteiger partial charge in [-0.2, -0.15) is 0 Å². The van der Waals surface area contributed by atoms with E-state index in [2.05, 4.69) is 14.9 Å². The van der Waals surface area contributed by atoms with Gasteiger partial charge < -0.3 is 14.7 Å². The second kappa shape index (κ2) is 9.12. The van der Waals surface area contributed by atoms with Gasteiger partial charge in [-0.15, -0.1) is 0 Å². The van der Waals surface area contributed by atoms with Crippen LogP contribution in [0.5, 0.6) is 0 Å². The number of hydrogen-bond acceptors (Lipinski definition) is 5. The minimum absolute atomic E-state index is 0.410. The zero-order chi connectivity index (χ0) is 19.1. The minimum atomic E-state index is -0.419. The fraction of sp³-hybridized carbons (Fsp3) is 0.400. The molecule has 0 radical (unpaired) electrons. The molecular formula is C20H25N5O2. The molecule has 1 aliphatic rings. The normalized spacial score (nSPS) is 14.1. The van der Waals surface area contributed by atoms with Gasteiger partial charge in [-0.3, -0.25) is 14.6 Å². The van der Waals surface area contributed by atoms with E-state index in [-0.39, 0.29) is 0 Å². The molecule has 7 nitrogen and oxygen atoms in total. The summed E-state index contributed by atoms with van der Waals surface area (Å²) >= 11 is 0. The van der Waals surface area contributed by atoms with Gasteiger partial charge in [-0.05, 0) is 43.2 Å². The molecule has 0 aromatic carbocycles. The summed E-state index contributed by atoms with van der Waals surface area (Å²) < 4.78 is 0. The number of amides is 2. The Balaban J connectivity index is 1.52. The Labute approximate surface area is 159 Å². The molecule has 142 valence electrons. The van der Waals surface area contributed by atoms with Crippen molar-refractivity contribution in [1.29, 1.82) is 0 Å². The van der Waals surface area contributed by atoms with Crippen LogP contribution in [0.15, 0.2) is 48.9 Å². The molecule has 0 N–H and O–H groups in total. The van der Waals surface area contributed by atoms with Gasteiger partial charge in [0.15, 0.2) is 0 Å². The Hall–Kier alpha value is -2.96. The molecule has 0 unspecified atom stereocenters. The van der Waals surface area contributed by atoms with Crippen molar-refractivity contribution in [2.24, 2.45) is 0 Å². The summed E-state index contributed by atoms with van der Waals surface area (Å²) in [6, 6.07) is 9.65. The number of nitrogens with zero attached hydrogens (tertiary/aromatic N) is 5. The summed E-state index contributed by atoms with van der Waals surface area (Å²) in [4.78, 5) is 39.0. The van der Waals surface area contributed by atoms with Crippen molar-refractivity contribution < 1.29 is 9.59 Å². The molecule has 1 aliphatic heterocycles. The van der Waals surface area contributed by atoms with Gasteiger partial charge >= 0.3 is 11.8 Å². The number of piperazine rings is 1. The fourth-order valence-electron chi connectivity index (χ4n) is 3.17. The first-order valence-electron chi connectivity index (χ1n) is 9.32. The molecule has 3 heterocycles. The second-order valence-electron chi connectivity index (χ2n) is 6.46. The maximum atomic E-state index is 12.6. The van der Waals surface area contributed by atoms with Crippen molar-refractivity contribution in [1.82, 2.24) is 19.8 Å². The Morgan fingerprint density at radius 3 is 2.41 bits per heavy atom. The third-order valence-corrected chi connectivity index (χ3v) is 4.81. The summed E-state index contributed by atoms with van der Waals surface area (Å²) in [5, 5.41) is 0. The van der Waals surface area contributed by atoms with E-state index < -0.39 is 11.8 Å². The zero-order valence-electron chi connectivity index (χ0n) is 15.6. The summed E-state index contributed by atoms with van der Waals surface area (Å²) in [5.41, 5.74) is 1.10. The fourth-order valence-corrected chi connectivity index (χ4v) is 3.17. The third-order valence-electron chi connectivity index (χ3n) is 4.81. The highest BCUT2D eigenvalue weighted by Gasteiger charge is 2.29. The highest BCUT2D eigenvalue weighted by Crippen LogP contribution is 2.13. The first-order valence-corrected chi connectivity index (χ1v) is 9.32. The molecule has 2 aromatic rings. The van der Waals surface area contributed by atoms with Crippen LogP contribution in [0.3, 0.4) is 0 Å². The Kier molecular flexibility index (Phi) is 6.35. The monoisotopic (exact) mass is 367 g/mol. The highest BCUT2D eigenvalue weighted by molar-refractivity contribution is 6.34. The van der Waals surface area contributed by atoms with E-state index in [0.717, 1.165) is 11.4 Å². The van der Waals surface area contributed by atoms with Crippen LogP contribution in [0.25, 0.3) is 0 Å². The number of rotatable bonds is 5.